The summed E-state index contributed by atoms with van der Waals surface area (Å²) in [6, 6.07) is 0. The molecule has 0 saturated carbocycles. The molecule has 3 heteroatoms. The first kappa shape index (κ1) is 9.96. The SMILES string of the molecule is CCc1nc(N)nc(C)c1C(C)C. The van der Waals surface area contributed by atoms with E-state index in [4.69, 9.17) is 5.73 Å². The number of aromatic nitrogens is 2. The van der Waals surface area contributed by atoms with Crippen molar-refractivity contribution in [1.29, 1.82) is 0 Å². The van der Waals surface area contributed by atoms with E-state index in [1.165, 1.54) is 5.56 Å². The van der Waals surface area contributed by atoms with Crippen LogP contribution in [0.1, 0.15) is 43.6 Å². The van der Waals surface area contributed by atoms with E-state index < -0.39 is 0 Å². The smallest absolute Gasteiger partial charge is 0.220 e. The maximum Gasteiger partial charge on any atom is 0.220 e. The first-order valence-electron chi connectivity index (χ1n) is 4.69. The number of nitrogen functional groups attached to an aromatic ring is 1. The second-order valence-corrected chi connectivity index (χ2v) is 3.54. The summed E-state index contributed by atoms with van der Waals surface area (Å²) in [5.74, 6) is 0.856. The predicted octanol–water partition coefficient (Wildman–Crippen LogP) is 2.05. The molecule has 0 saturated heterocycles. The molecule has 1 rings (SSSR count). The average Bonchev–Trinajstić information content (AvgIpc) is 2.01. The molecular weight excluding hydrogens is 162 g/mol. The second-order valence-electron chi connectivity index (χ2n) is 3.54. The average molecular weight is 179 g/mol. The summed E-state index contributed by atoms with van der Waals surface area (Å²) in [7, 11) is 0. The van der Waals surface area contributed by atoms with Crippen molar-refractivity contribution in [3.05, 3.63) is 17.0 Å². The van der Waals surface area contributed by atoms with E-state index in [0.717, 1.165) is 17.8 Å². The minimum absolute atomic E-state index is 0.388. The van der Waals surface area contributed by atoms with E-state index in [1.807, 2.05) is 6.92 Å². The van der Waals surface area contributed by atoms with Crippen molar-refractivity contribution in [2.45, 2.75) is 40.0 Å². The van der Waals surface area contributed by atoms with Crippen LogP contribution in [0.25, 0.3) is 0 Å². The summed E-state index contributed by atoms with van der Waals surface area (Å²) < 4.78 is 0. The van der Waals surface area contributed by atoms with Crippen LogP contribution in [-0.2, 0) is 6.42 Å². The zero-order valence-electron chi connectivity index (χ0n) is 8.76. The van der Waals surface area contributed by atoms with Gasteiger partial charge in [0.05, 0.1) is 0 Å². The summed E-state index contributed by atoms with van der Waals surface area (Å²) in [6.07, 6.45) is 0.918. The van der Waals surface area contributed by atoms with E-state index >= 15 is 0 Å². The number of rotatable bonds is 2. The Kier molecular flexibility index (Phi) is 2.86. The molecule has 0 spiro atoms. The van der Waals surface area contributed by atoms with Crippen LogP contribution in [0.5, 0.6) is 0 Å². The molecule has 0 radical (unpaired) electrons. The second kappa shape index (κ2) is 3.73. The first-order chi connectivity index (χ1) is 6.06. The standard InChI is InChI=1S/C10H17N3/c1-5-8-9(6(2)3)7(4)12-10(11)13-8/h6H,5H2,1-4H3,(H2,11,12,13). The fourth-order valence-electron chi connectivity index (χ4n) is 1.68. The van der Waals surface area contributed by atoms with Gasteiger partial charge in [0.2, 0.25) is 5.95 Å². The van der Waals surface area contributed by atoms with Gasteiger partial charge in [-0.3, -0.25) is 0 Å². The molecule has 0 fully saturated rings. The highest BCUT2D eigenvalue weighted by molar-refractivity contribution is 5.33. The summed E-state index contributed by atoms with van der Waals surface area (Å²) >= 11 is 0. The van der Waals surface area contributed by atoms with Crippen molar-refractivity contribution in [3.8, 4) is 0 Å². The summed E-state index contributed by atoms with van der Waals surface area (Å²) in [6.45, 7) is 8.39. The summed E-state index contributed by atoms with van der Waals surface area (Å²) in [4.78, 5) is 8.41. The molecule has 0 aliphatic rings. The van der Waals surface area contributed by atoms with E-state index in [9.17, 15) is 0 Å². The van der Waals surface area contributed by atoms with Gasteiger partial charge in [-0.1, -0.05) is 20.8 Å². The van der Waals surface area contributed by atoms with Gasteiger partial charge in [-0.25, -0.2) is 9.97 Å². The van der Waals surface area contributed by atoms with Gasteiger partial charge in [0, 0.05) is 11.4 Å². The quantitative estimate of drug-likeness (QED) is 0.756. The monoisotopic (exact) mass is 179 g/mol. The Labute approximate surface area is 79.4 Å². The molecule has 13 heavy (non-hydrogen) atoms. The van der Waals surface area contributed by atoms with E-state index in [-0.39, 0.29) is 0 Å². The fraction of sp³-hybridized carbons (Fsp3) is 0.600. The van der Waals surface area contributed by atoms with Crippen molar-refractivity contribution >= 4 is 5.95 Å². The van der Waals surface area contributed by atoms with Crippen LogP contribution in [-0.4, -0.2) is 9.97 Å². The van der Waals surface area contributed by atoms with Crippen LogP contribution >= 0.6 is 0 Å². The molecule has 0 aliphatic carbocycles. The lowest BCUT2D eigenvalue weighted by atomic mass is 9.98. The van der Waals surface area contributed by atoms with Gasteiger partial charge in [0.15, 0.2) is 0 Å². The maximum atomic E-state index is 5.58. The van der Waals surface area contributed by atoms with E-state index in [1.54, 1.807) is 0 Å². The van der Waals surface area contributed by atoms with Crippen molar-refractivity contribution in [1.82, 2.24) is 9.97 Å². The highest BCUT2D eigenvalue weighted by Crippen LogP contribution is 2.21. The third-order valence-corrected chi connectivity index (χ3v) is 2.14. The Balaban J connectivity index is 3.30. The summed E-state index contributed by atoms with van der Waals surface area (Å²) in [5, 5.41) is 0. The van der Waals surface area contributed by atoms with Crippen LogP contribution in [0.2, 0.25) is 0 Å². The lowest BCUT2D eigenvalue weighted by Crippen LogP contribution is -2.07. The highest BCUT2D eigenvalue weighted by Gasteiger charge is 2.11. The maximum absolute atomic E-state index is 5.58. The molecule has 0 amide bonds. The number of nitrogens with zero attached hydrogens (tertiary/aromatic N) is 2. The van der Waals surface area contributed by atoms with Gasteiger partial charge in [0.1, 0.15) is 0 Å². The Morgan fingerprint density at radius 2 is 1.92 bits per heavy atom. The van der Waals surface area contributed by atoms with Gasteiger partial charge in [-0.15, -0.1) is 0 Å². The predicted molar refractivity (Wildman–Crippen MR) is 54.6 cm³/mol. The van der Waals surface area contributed by atoms with Crippen molar-refractivity contribution in [3.63, 3.8) is 0 Å². The molecule has 0 aliphatic heterocycles. The van der Waals surface area contributed by atoms with Crippen LogP contribution in [0.3, 0.4) is 0 Å². The van der Waals surface area contributed by atoms with Crippen LogP contribution < -0.4 is 5.73 Å². The third kappa shape index (κ3) is 1.97. The molecule has 1 heterocycles. The lowest BCUT2D eigenvalue weighted by molar-refractivity contribution is 0.797. The topological polar surface area (TPSA) is 51.8 Å². The molecule has 0 aromatic carbocycles. The molecule has 1 aromatic heterocycles. The molecule has 0 unspecified atom stereocenters. The Bertz CT molecular complexity index is 305. The molecule has 3 nitrogen and oxygen atoms in total. The minimum atomic E-state index is 0.388. The zero-order valence-corrected chi connectivity index (χ0v) is 8.76. The van der Waals surface area contributed by atoms with Crippen molar-refractivity contribution < 1.29 is 0 Å². The van der Waals surface area contributed by atoms with E-state index in [2.05, 4.69) is 30.7 Å². The van der Waals surface area contributed by atoms with Gasteiger partial charge >= 0.3 is 0 Å². The number of hydrogen-bond donors (Lipinski definition) is 1. The molecule has 1 aromatic rings. The third-order valence-electron chi connectivity index (χ3n) is 2.14. The van der Waals surface area contributed by atoms with Crippen LogP contribution in [0, 0.1) is 6.92 Å². The summed E-state index contributed by atoms with van der Waals surface area (Å²) in [5.41, 5.74) is 8.93. The van der Waals surface area contributed by atoms with Gasteiger partial charge in [0.25, 0.3) is 0 Å². The normalized spacial score (nSPS) is 10.8. The molecule has 0 bridgehead atoms. The van der Waals surface area contributed by atoms with Crippen molar-refractivity contribution in [2.75, 3.05) is 5.73 Å². The number of nitrogens with two attached hydrogens (primary N) is 1. The van der Waals surface area contributed by atoms with Crippen LogP contribution in [0.15, 0.2) is 0 Å². The fourth-order valence-corrected chi connectivity index (χ4v) is 1.68. The zero-order chi connectivity index (χ0) is 10.0. The molecule has 2 N–H and O–H groups in total. The Hall–Kier alpha value is -1.12. The number of aryl methyl sites for hydroxylation is 2. The molecular formula is C10H17N3. The number of anilines is 1. The number of hydrogen-bond acceptors (Lipinski definition) is 3. The first-order valence-corrected chi connectivity index (χ1v) is 4.69. The largest absolute Gasteiger partial charge is 0.368 e. The van der Waals surface area contributed by atoms with Crippen LogP contribution in [0.4, 0.5) is 5.95 Å². The van der Waals surface area contributed by atoms with E-state index in [0.29, 0.717) is 11.9 Å². The minimum Gasteiger partial charge on any atom is -0.368 e. The van der Waals surface area contributed by atoms with Gasteiger partial charge in [-0.2, -0.15) is 0 Å². The van der Waals surface area contributed by atoms with Gasteiger partial charge in [-0.05, 0) is 24.8 Å². The Morgan fingerprint density at radius 3 is 2.38 bits per heavy atom. The van der Waals surface area contributed by atoms with Crippen molar-refractivity contribution in [2.24, 2.45) is 0 Å². The van der Waals surface area contributed by atoms with Gasteiger partial charge < -0.3 is 5.73 Å². The lowest BCUT2D eigenvalue weighted by Gasteiger charge is -2.13. The molecule has 72 valence electrons. The highest BCUT2D eigenvalue weighted by atomic mass is 15.0. The molecule has 0 atom stereocenters. The Morgan fingerprint density at radius 1 is 1.31 bits per heavy atom.